The molecule has 0 spiro atoms. The number of nitrogens with one attached hydrogen (secondary N) is 1. The van der Waals surface area contributed by atoms with Crippen molar-refractivity contribution in [1.29, 1.82) is 5.26 Å². The van der Waals surface area contributed by atoms with Crippen molar-refractivity contribution in [1.82, 2.24) is 5.32 Å². The minimum Gasteiger partial charge on any atom is -0.481 e. The lowest BCUT2D eigenvalue weighted by molar-refractivity contribution is 0.0762. The Labute approximate surface area is 189 Å². The number of fused-ring (bicyclic) bond motifs is 1. The lowest BCUT2D eigenvalue weighted by atomic mass is 9.84. The Bertz CT molecular complexity index is 1120. The predicted molar refractivity (Wildman–Crippen MR) is 125 cm³/mol. The van der Waals surface area contributed by atoms with Gasteiger partial charge in [0.25, 0.3) is 0 Å². The zero-order chi connectivity index (χ0) is 22.0. The summed E-state index contributed by atoms with van der Waals surface area (Å²) in [7, 11) is 0. The largest absolute Gasteiger partial charge is 0.481 e. The Hall–Kier alpha value is -3.13. The summed E-state index contributed by atoms with van der Waals surface area (Å²) in [6.07, 6.45) is 4.19. The second kappa shape index (κ2) is 8.78. The quantitative estimate of drug-likeness (QED) is 0.608. The van der Waals surface area contributed by atoms with E-state index in [1.807, 2.05) is 36.4 Å². The highest BCUT2D eigenvalue weighted by Crippen LogP contribution is 2.46. The number of hydrogen-bond donors (Lipinski definition) is 2. The Morgan fingerprint density at radius 1 is 0.938 bits per heavy atom. The van der Waals surface area contributed by atoms with Crippen molar-refractivity contribution in [3.63, 3.8) is 0 Å². The van der Waals surface area contributed by atoms with Crippen molar-refractivity contribution in [3.8, 4) is 22.9 Å². The van der Waals surface area contributed by atoms with Crippen LogP contribution in [-0.2, 0) is 12.0 Å². The van der Waals surface area contributed by atoms with Crippen LogP contribution in [0.2, 0.25) is 0 Å². The van der Waals surface area contributed by atoms with E-state index in [-0.39, 0.29) is 6.10 Å². The van der Waals surface area contributed by atoms with Crippen LogP contribution < -0.4 is 10.1 Å². The van der Waals surface area contributed by atoms with E-state index in [2.05, 4.69) is 47.8 Å². The van der Waals surface area contributed by atoms with Crippen molar-refractivity contribution in [3.05, 3.63) is 89.5 Å². The van der Waals surface area contributed by atoms with Crippen molar-refractivity contribution >= 4 is 0 Å². The summed E-state index contributed by atoms with van der Waals surface area (Å²) in [6.45, 7) is 0.683. The Balaban J connectivity index is 1.52. The summed E-state index contributed by atoms with van der Waals surface area (Å²) >= 11 is 0. The first-order valence-corrected chi connectivity index (χ1v) is 11.5. The van der Waals surface area contributed by atoms with Crippen LogP contribution in [0.5, 0.6) is 5.75 Å². The Kier molecular flexibility index (Phi) is 5.70. The van der Waals surface area contributed by atoms with Gasteiger partial charge in [-0.15, -0.1) is 0 Å². The van der Waals surface area contributed by atoms with Gasteiger partial charge >= 0.3 is 0 Å². The summed E-state index contributed by atoms with van der Waals surface area (Å²) in [6, 6.07) is 27.1. The maximum absolute atomic E-state index is 9.86. The van der Waals surface area contributed by atoms with E-state index in [1.165, 1.54) is 0 Å². The highest BCUT2D eigenvalue weighted by Gasteiger charge is 2.43. The molecule has 3 aromatic carbocycles. The number of benzene rings is 3. The van der Waals surface area contributed by atoms with Gasteiger partial charge in [-0.1, -0.05) is 60.7 Å². The van der Waals surface area contributed by atoms with E-state index in [4.69, 9.17) is 4.74 Å². The highest BCUT2D eigenvalue weighted by atomic mass is 16.5. The molecule has 4 heteroatoms. The molecule has 0 unspecified atom stereocenters. The van der Waals surface area contributed by atoms with Gasteiger partial charge in [0, 0.05) is 30.1 Å². The second-order valence-electron chi connectivity index (χ2n) is 8.97. The maximum atomic E-state index is 9.86. The molecule has 0 aromatic heterocycles. The van der Waals surface area contributed by atoms with Gasteiger partial charge in [0.2, 0.25) is 0 Å². The van der Waals surface area contributed by atoms with Crippen molar-refractivity contribution in [2.75, 3.05) is 6.54 Å². The van der Waals surface area contributed by atoms with Crippen LogP contribution in [0.25, 0.3) is 11.1 Å². The molecule has 1 fully saturated rings. The molecule has 1 saturated carbocycles. The molecule has 1 atom stereocenters. The third-order valence-corrected chi connectivity index (χ3v) is 6.89. The molecule has 0 amide bonds. The summed E-state index contributed by atoms with van der Waals surface area (Å²) < 4.78 is 6.73. The molecule has 0 bridgehead atoms. The number of nitriles is 1. The number of ether oxygens (including phenoxy) is 1. The zero-order valence-electron chi connectivity index (χ0n) is 18.1. The third kappa shape index (κ3) is 3.90. The number of aliphatic hydroxyl groups is 1. The first-order chi connectivity index (χ1) is 15.7. The summed E-state index contributed by atoms with van der Waals surface area (Å²) in [4.78, 5) is 0. The molecular formula is C28H28N2O2. The maximum Gasteiger partial charge on any atom is 0.150 e. The van der Waals surface area contributed by atoms with Gasteiger partial charge in [-0.05, 0) is 48.9 Å². The molecular weight excluding hydrogens is 396 g/mol. The molecule has 2 N–H and O–H groups in total. The van der Waals surface area contributed by atoms with Gasteiger partial charge in [0.05, 0.1) is 17.7 Å². The first kappa shape index (κ1) is 20.8. The smallest absolute Gasteiger partial charge is 0.150 e. The van der Waals surface area contributed by atoms with Crippen LogP contribution in [0.15, 0.2) is 72.8 Å². The fourth-order valence-corrected chi connectivity index (χ4v) is 5.15. The molecule has 4 nitrogen and oxygen atoms in total. The van der Waals surface area contributed by atoms with Gasteiger partial charge in [-0.2, -0.15) is 5.26 Å². The molecule has 0 radical (unpaired) electrons. The van der Waals surface area contributed by atoms with Gasteiger partial charge in [0.1, 0.15) is 5.75 Å². The molecule has 1 aliphatic carbocycles. The highest BCUT2D eigenvalue weighted by molar-refractivity contribution is 5.77. The Morgan fingerprint density at radius 2 is 1.62 bits per heavy atom. The fraction of sp³-hybridized carbons (Fsp3) is 0.321. The number of aliphatic hydroxyl groups excluding tert-OH is 1. The average molecular weight is 425 g/mol. The number of hydrogen-bond acceptors (Lipinski definition) is 4. The molecule has 32 heavy (non-hydrogen) atoms. The molecule has 1 heterocycles. The van der Waals surface area contributed by atoms with Crippen LogP contribution in [0, 0.1) is 11.3 Å². The Morgan fingerprint density at radius 3 is 2.31 bits per heavy atom. The lowest BCUT2D eigenvalue weighted by Gasteiger charge is -2.34. The van der Waals surface area contributed by atoms with Crippen LogP contribution in [0.3, 0.4) is 0 Å². The van der Waals surface area contributed by atoms with Crippen molar-refractivity contribution < 1.29 is 9.84 Å². The van der Waals surface area contributed by atoms with E-state index in [9.17, 15) is 10.4 Å². The minimum atomic E-state index is -0.530. The summed E-state index contributed by atoms with van der Waals surface area (Å²) in [5.41, 5.74) is 4.40. The normalized spacial score (nSPS) is 24.4. The van der Waals surface area contributed by atoms with Crippen LogP contribution >= 0.6 is 0 Å². The van der Waals surface area contributed by atoms with Gasteiger partial charge in [0.15, 0.2) is 5.60 Å². The number of rotatable bonds is 5. The van der Waals surface area contributed by atoms with Crippen LogP contribution in [0.4, 0.5) is 0 Å². The zero-order valence-corrected chi connectivity index (χ0v) is 18.1. The standard InChI is InChI=1S/C28H28N2O2/c29-18-21-11-16-26-25(27(21)20-7-3-1-4-8-20)17-28(32-26,22-9-5-2-6-10-22)19-30-23-12-14-24(31)15-13-23/h1-11,16,23-24,30-31H,12-15,17,19H2/t23?,24?,28-/m1/s1. The van der Waals surface area contributed by atoms with E-state index >= 15 is 0 Å². The monoisotopic (exact) mass is 424 g/mol. The summed E-state index contributed by atoms with van der Waals surface area (Å²) in [5, 5.41) is 23.4. The second-order valence-corrected chi connectivity index (χ2v) is 8.97. The SMILES string of the molecule is N#Cc1ccc2c(c1-c1ccccc1)C[C@@](CNC1CCC(O)CC1)(c1ccccc1)O2. The van der Waals surface area contributed by atoms with Crippen molar-refractivity contribution in [2.24, 2.45) is 0 Å². The van der Waals surface area contributed by atoms with Gasteiger partial charge < -0.3 is 15.2 Å². The van der Waals surface area contributed by atoms with Gasteiger partial charge in [-0.3, -0.25) is 0 Å². The molecule has 1 aliphatic heterocycles. The topological polar surface area (TPSA) is 65.3 Å². The van der Waals surface area contributed by atoms with E-state index in [1.54, 1.807) is 0 Å². The van der Waals surface area contributed by atoms with E-state index < -0.39 is 5.60 Å². The predicted octanol–water partition coefficient (Wildman–Crippen LogP) is 4.95. The molecule has 5 rings (SSSR count). The molecule has 162 valence electrons. The third-order valence-electron chi connectivity index (χ3n) is 6.89. The lowest BCUT2D eigenvalue weighted by Crippen LogP contribution is -2.46. The van der Waals surface area contributed by atoms with E-state index in [0.717, 1.165) is 53.7 Å². The van der Waals surface area contributed by atoms with Crippen molar-refractivity contribution in [2.45, 2.75) is 49.9 Å². The number of nitrogens with zero attached hydrogens (tertiary/aromatic N) is 1. The van der Waals surface area contributed by atoms with Gasteiger partial charge in [-0.25, -0.2) is 0 Å². The molecule has 2 aliphatic rings. The van der Waals surface area contributed by atoms with Crippen LogP contribution in [0.1, 0.15) is 42.4 Å². The van der Waals surface area contributed by atoms with E-state index in [0.29, 0.717) is 24.6 Å². The average Bonchev–Trinajstić information content (AvgIpc) is 3.24. The first-order valence-electron chi connectivity index (χ1n) is 11.5. The minimum absolute atomic E-state index is 0.166. The fourth-order valence-electron chi connectivity index (χ4n) is 5.15. The molecule has 3 aromatic rings. The summed E-state index contributed by atoms with van der Waals surface area (Å²) in [5.74, 6) is 0.854. The molecule has 0 saturated heterocycles. The van der Waals surface area contributed by atoms with Crippen LogP contribution in [-0.4, -0.2) is 23.8 Å².